The van der Waals surface area contributed by atoms with Crippen LogP contribution in [-0.4, -0.2) is 20.5 Å². The number of aromatic nitrogens is 3. The molecule has 0 radical (unpaired) electrons. The van der Waals surface area contributed by atoms with Gasteiger partial charge in [-0.05, 0) is 42.5 Å². The quantitative estimate of drug-likeness (QED) is 0.523. The maximum absolute atomic E-state index is 12.7. The SMILES string of the molecule is C=CC(=O)c1cn(-c2ccc(C(F)(F)F)cc2)nc1-c1cccnc1. The minimum Gasteiger partial charge on any atom is -0.289 e. The normalized spacial score (nSPS) is 11.3. The Morgan fingerprint density at radius 3 is 2.44 bits per heavy atom. The Morgan fingerprint density at radius 1 is 1.16 bits per heavy atom. The summed E-state index contributed by atoms with van der Waals surface area (Å²) < 4.78 is 39.4. The molecule has 0 bridgehead atoms. The van der Waals surface area contributed by atoms with Crippen molar-refractivity contribution in [3.63, 3.8) is 0 Å². The van der Waals surface area contributed by atoms with Crippen LogP contribution in [0.25, 0.3) is 16.9 Å². The van der Waals surface area contributed by atoms with Crippen LogP contribution in [-0.2, 0) is 6.18 Å². The van der Waals surface area contributed by atoms with Crippen LogP contribution >= 0.6 is 0 Å². The lowest BCUT2D eigenvalue weighted by Gasteiger charge is -2.07. The van der Waals surface area contributed by atoms with Crippen molar-refractivity contribution in [3.8, 4) is 16.9 Å². The minimum atomic E-state index is -4.41. The van der Waals surface area contributed by atoms with Crippen molar-refractivity contribution in [1.82, 2.24) is 14.8 Å². The predicted octanol–water partition coefficient (Wildman–Crippen LogP) is 4.32. The van der Waals surface area contributed by atoms with E-state index in [1.165, 1.54) is 23.0 Å². The average molecular weight is 343 g/mol. The minimum absolute atomic E-state index is 0.294. The van der Waals surface area contributed by atoms with Gasteiger partial charge in [0.25, 0.3) is 0 Å². The molecule has 3 aromatic rings. The number of nitrogens with zero attached hydrogens (tertiary/aromatic N) is 3. The summed E-state index contributed by atoms with van der Waals surface area (Å²) in [7, 11) is 0. The molecular weight excluding hydrogens is 331 g/mol. The summed E-state index contributed by atoms with van der Waals surface area (Å²) >= 11 is 0. The highest BCUT2D eigenvalue weighted by Crippen LogP contribution is 2.30. The molecule has 126 valence electrons. The second-order valence-corrected chi connectivity index (χ2v) is 5.19. The van der Waals surface area contributed by atoms with Gasteiger partial charge in [0, 0.05) is 24.2 Å². The van der Waals surface area contributed by atoms with Crippen LogP contribution in [0, 0.1) is 0 Å². The predicted molar refractivity (Wildman–Crippen MR) is 86.3 cm³/mol. The fraction of sp³-hybridized carbons (Fsp3) is 0.0556. The Labute approximate surface area is 141 Å². The van der Waals surface area contributed by atoms with Crippen molar-refractivity contribution in [3.05, 3.63) is 78.8 Å². The standard InChI is InChI=1S/C18H12F3N3O/c1-2-16(25)15-11-24(23-17(15)12-4-3-9-22-10-12)14-7-5-13(6-8-14)18(19,20)21/h2-11H,1H2. The topological polar surface area (TPSA) is 47.8 Å². The van der Waals surface area contributed by atoms with Crippen LogP contribution in [0.4, 0.5) is 13.2 Å². The number of benzene rings is 1. The van der Waals surface area contributed by atoms with E-state index in [9.17, 15) is 18.0 Å². The lowest BCUT2D eigenvalue weighted by molar-refractivity contribution is -0.137. The molecule has 7 heteroatoms. The first-order chi connectivity index (χ1) is 11.9. The number of pyridine rings is 1. The van der Waals surface area contributed by atoms with Crippen molar-refractivity contribution < 1.29 is 18.0 Å². The number of carbonyl (C=O) groups is 1. The summed E-state index contributed by atoms with van der Waals surface area (Å²) in [6.07, 6.45) is 1.36. The Morgan fingerprint density at radius 2 is 1.88 bits per heavy atom. The van der Waals surface area contributed by atoms with Crippen molar-refractivity contribution in [2.75, 3.05) is 0 Å². The van der Waals surface area contributed by atoms with Gasteiger partial charge in [0.2, 0.25) is 0 Å². The van der Waals surface area contributed by atoms with Crippen LogP contribution in [0.5, 0.6) is 0 Å². The van der Waals surface area contributed by atoms with Gasteiger partial charge in [-0.3, -0.25) is 9.78 Å². The van der Waals surface area contributed by atoms with E-state index in [2.05, 4.69) is 16.7 Å². The van der Waals surface area contributed by atoms with Gasteiger partial charge < -0.3 is 0 Å². The average Bonchev–Trinajstić information content (AvgIpc) is 3.06. The highest BCUT2D eigenvalue weighted by molar-refractivity contribution is 6.08. The highest BCUT2D eigenvalue weighted by Gasteiger charge is 2.30. The fourth-order valence-electron chi connectivity index (χ4n) is 2.32. The molecule has 1 aromatic carbocycles. The van der Waals surface area contributed by atoms with Crippen LogP contribution < -0.4 is 0 Å². The molecule has 25 heavy (non-hydrogen) atoms. The van der Waals surface area contributed by atoms with Crippen LogP contribution in [0.2, 0.25) is 0 Å². The molecule has 0 amide bonds. The maximum atomic E-state index is 12.7. The summed E-state index contributed by atoms with van der Waals surface area (Å²) in [5.41, 5.74) is 0.957. The molecule has 0 spiro atoms. The zero-order chi connectivity index (χ0) is 18.0. The number of hydrogen-bond acceptors (Lipinski definition) is 3. The van der Waals surface area contributed by atoms with Crippen LogP contribution in [0.15, 0.2) is 67.6 Å². The molecule has 0 atom stereocenters. The molecule has 0 fully saturated rings. The van der Waals surface area contributed by atoms with E-state index < -0.39 is 11.7 Å². The molecule has 2 aromatic heterocycles. The Hall–Kier alpha value is -3.22. The number of carbonyl (C=O) groups excluding carboxylic acids is 1. The number of allylic oxidation sites excluding steroid dienone is 1. The van der Waals surface area contributed by atoms with E-state index in [1.54, 1.807) is 24.5 Å². The van der Waals surface area contributed by atoms with Gasteiger partial charge in [-0.25, -0.2) is 4.68 Å². The third-order valence-corrected chi connectivity index (χ3v) is 3.56. The molecule has 0 aliphatic rings. The molecule has 0 saturated heterocycles. The lowest BCUT2D eigenvalue weighted by atomic mass is 10.1. The van der Waals surface area contributed by atoms with Gasteiger partial charge in [-0.1, -0.05) is 6.58 Å². The summed E-state index contributed by atoms with van der Waals surface area (Å²) in [6, 6.07) is 7.97. The van der Waals surface area contributed by atoms with E-state index >= 15 is 0 Å². The molecule has 0 aliphatic heterocycles. The van der Waals surface area contributed by atoms with E-state index in [1.807, 2.05) is 0 Å². The Kier molecular flexibility index (Phi) is 4.22. The van der Waals surface area contributed by atoms with Crippen molar-refractivity contribution >= 4 is 5.78 Å². The first-order valence-electron chi connectivity index (χ1n) is 7.24. The highest BCUT2D eigenvalue weighted by atomic mass is 19.4. The Bertz CT molecular complexity index is 913. The lowest BCUT2D eigenvalue weighted by Crippen LogP contribution is -2.05. The molecule has 0 saturated carbocycles. The van der Waals surface area contributed by atoms with Gasteiger partial charge in [0.15, 0.2) is 5.78 Å². The summed E-state index contributed by atoms with van der Waals surface area (Å²) in [5.74, 6) is -0.336. The second-order valence-electron chi connectivity index (χ2n) is 5.19. The summed E-state index contributed by atoms with van der Waals surface area (Å²) in [6.45, 7) is 3.47. The molecule has 0 N–H and O–H groups in total. The number of halogens is 3. The third kappa shape index (κ3) is 3.35. The second kappa shape index (κ2) is 6.35. The molecule has 0 unspecified atom stereocenters. The molecule has 0 aliphatic carbocycles. The summed E-state index contributed by atoms with van der Waals surface area (Å²) in [5, 5.41) is 4.34. The number of hydrogen-bond donors (Lipinski definition) is 0. The number of rotatable bonds is 4. The van der Waals surface area contributed by atoms with Gasteiger partial charge in [0.05, 0.1) is 16.8 Å². The molecular formula is C18H12F3N3O. The maximum Gasteiger partial charge on any atom is 0.416 e. The third-order valence-electron chi connectivity index (χ3n) is 3.56. The first kappa shape index (κ1) is 16.6. The van der Waals surface area contributed by atoms with E-state index in [-0.39, 0.29) is 5.78 Å². The van der Waals surface area contributed by atoms with E-state index in [0.717, 1.165) is 18.2 Å². The largest absolute Gasteiger partial charge is 0.416 e. The van der Waals surface area contributed by atoms with Crippen molar-refractivity contribution in [1.29, 1.82) is 0 Å². The van der Waals surface area contributed by atoms with Gasteiger partial charge in [-0.2, -0.15) is 18.3 Å². The number of ketones is 1. The van der Waals surface area contributed by atoms with Crippen LogP contribution in [0.3, 0.4) is 0 Å². The Balaban J connectivity index is 2.07. The summed E-state index contributed by atoms with van der Waals surface area (Å²) in [4.78, 5) is 16.1. The molecule has 4 nitrogen and oxygen atoms in total. The van der Waals surface area contributed by atoms with Crippen molar-refractivity contribution in [2.24, 2.45) is 0 Å². The van der Waals surface area contributed by atoms with Crippen LogP contribution in [0.1, 0.15) is 15.9 Å². The smallest absolute Gasteiger partial charge is 0.289 e. The van der Waals surface area contributed by atoms with Gasteiger partial charge in [-0.15, -0.1) is 0 Å². The molecule has 2 heterocycles. The molecule has 3 rings (SSSR count). The first-order valence-corrected chi connectivity index (χ1v) is 7.24. The zero-order valence-corrected chi connectivity index (χ0v) is 12.9. The monoisotopic (exact) mass is 343 g/mol. The number of alkyl halides is 3. The van der Waals surface area contributed by atoms with Gasteiger partial charge >= 0.3 is 6.18 Å². The van der Waals surface area contributed by atoms with E-state index in [4.69, 9.17) is 0 Å². The zero-order valence-electron chi connectivity index (χ0n) is 12.9. The fourth-order valence-corrected chi connectivity index (χ4v) is 2.32. The van der Waals surface area contributed by atoms with E-state index in [0.29, 0.717) is 22.5 Å². The van der Waals surface area contributed by atoms with Gasteiger partial charge in [0.1, 0.15) is 5.69 Å². The van der Waals surface area contributed by atoms with Crippen molar-refractivity contribution in [2.45, 2.75) is 6.18 Å².